The second-order valence-corrected chi connectivity index (χ2v) is 6.42. The summed E-state index contributed by atoms with van der Waals surface area (Å²) in [5.41, 5.74) is 0.692. The maximum Gasteiger partial charge on any atom is 0.412 e. The van der Waals surface area contributed by atoms with E-state index in [9.17, 15) is 14.0 Å². The summed E-state index contributed by atoms with van der Waals surface area (Å²) in [4.78, 5) is 24.3. The number of methoxy groups -OCH3 is 1. The highest BCUT2D eigenvalue weighted by atomic mass is 19.1. The lowest BCUT2D eigenvalue weighted by Gasteiger charge is -2.19. The van der Waals surface area contributed by atoms with E-state index in [0.29, 0.717) is 0 Å². The second-order valence-electron chi connectivity index (χ2n) is 6.42. The lowest BCUT2D eigenvalue weighted by molar-refractivity contribution is 0.0324. The average molecular weight is 404 g/mol. The van der Waals surface area contributed by atoms with Crippen molar-refractivity contribution in [1.82, 2.24) is 4.90 Å². The Labute approximate surface area is 166 Å². The maximum absolute atomic E-state index is 14.8. The summed E-state index contributed by atoms with van der Waals surface area (Å²) in [6, 6.07) is 13.4. The molecule has 1 aliphatic heterocycles. The van der Waals surface area contributed by atoms with Gasteiger partial charge in [-0.15, -0.1) is 0 Å². The number of halogens is 1. The fourth-order valence-corrected chi connectivity index (χ4v) is 2.97. The Bertz CT molecular complexity index is 863. The molecule has 0 unspecified atom stereocenters. The molecule has 0 aliphatic carbocycles. The lowest BCUT2D eigenvalue weighted by Crippen LogP contribution is -2.32. The predicted octanol–water partition coefficient (Wildman–Crippen LogP) is 3.33. The van der Waals surface area contributed by atoms with Gasteiger partial charge in [-0.3, -0.25) is 5.32 Å². The third-order valence-corrected chi connectivity index (χ3v) is 4.48. The number of carbonyl (C=O) groups is 2. The zero-order valence-corrected chi connectivity index (χ0v) is 15.7. The largest absolute Gasteiger partial charge is 0.483 e. The van der Waals surface area contributed by atoms with Crippen LogP contribution in [0.4, 0.5) is 19.7 Å². The number of hydrogen-bond donors (Lipinski definition) is 2. The van der Waals surface area contributed by atoms with E-state index in [-0.39, 0.29) is 31.1 Å². The molecular weight excluding hydrogens is 383 g/mol. The number of carboxylic acid groups (broad SMARTS) is 1. The fraction of sp³-hybridized carbons (Fsp3) is 0.300. The van der Waals surface area contributed by atoms with Gasteiger partial charge in [0.25, 0.3) is 0 Å². The van der Waals surface area contributed by atoms with Gasteiger partial charge in [0, 0.05) is 7.11 Å². The normalized spacial score (nSPS) is 18.3. The van der Waals surface area contributed by atoms with Crippen molar-refractivity contribution in [2.24, 2.45) is 0 Å². The molecule has 9 heteroatoms. The molecule has 2 amide bonds. The summed E-state index contributed by atoms with van der Waals surface area (Å²) in [7, 11) is 1.43. The number of nitrogens with one attached hydrogen (secondary N) is 1. The molecule has 1 saturated heterocycles. The van der Waals surface area contributed by atoms with Gasteiger partial charge in [-0.1, -0.05) is 36.4 Å². The Kier molecular flexibility index (Phi) is 6.50. The minimum Gasteiger partial charge on any atom is -0.483 e. The van der Waals surface area contributed by atoms with Crippen molar-refractivity contribution in [1.29, 1.82) is 0 Å². The van der Waals surface area contributed by atoms with Crippen LogP contribution in [0.2, 0.25) is 0 Å². The van der Waals surface area contributed by atoms with Crippen LogP contribution in [-0.4, -0.2) is 54.6 Å². The van der Waals surface area contributed by atoms with Gasteiger partial charge < -0.3 is 24.2 Å². The molecule has 1 heterocycles. The van der Waals surface area contributed by atoms with Gasteiger partial charge in [0.1, 0.15) is 18.8 Å². The highest BCUT2D eigenvalue weighted by Gasteiger charge is 2.37. The number of amides is 2. The smallest absolute Gasteiger partial charge is 0.412 e. The summed E-state index contributed by atoms with van der Waals surface area (Å²) in [6.45, 7) is 0.221. The minimum atomic E-state index is -1.10. The quantitative estimate of drug-likeness (QED) is 0.767. The molecule has 29 heavy (non-hydrogen) atoms. The molecule has 2 N–H and O–H groups in total. The Morgan fingerprint density at radius 3 is 2.55 bits per heavy atom. The molecule has 2 atom stereocenters. The standard InChI is InChI=1S/C20H21FN2O6/c1-27-16-10-23(20(25)26)11-17(16)29-15-9-5-8-14(18(15)21)22-19(24)28-12-13-6-3-2-4-7-13/h2-9,16-17H,10-12H2,1H3,(H,22,24)(H,25,26)/t16-,17-/m0/s1. The van der Waals surface area contributed by atoms with Gasteiger partial charge in [-0.25, -0.2) is 14.0 Å². The van der Waals surface area contributed by atoms with Crippen molar-refractivity contribution >= 4 is 17.9 Å². The number of nitrogens with zero attached hydrogens (tertiary/aromatic N) is 1. The molecule has 2 aromatic rings. The number of hydrogen-bond acceptors (Lipinski definition) is 5. The Balaban J connectivity index is 1.63. The zero-order chi connectivity index (χ0) is 20.8. The molecule has 154 valence electrons. The van der Waals surface area contributed by atoms with Crippen molar-refractivity contribution < 1.29 is 33.3 Å². The number of rotatable bonds is 6. The van der Waals surface area contributed by atoms with Gasteiger partial charge in [-0.2, -0.15) is 0 Å². The van der Waals surface area contributed by atoms with Crippen LogP contribution in [0, 0.1) is 5.82 Å². The second kappa shape index (κ2) is 9.24. The molecule has 0 radical (unpaired) electrons. The first-order chi connectivity index (χ1) is 14.0. The summed E-state index contributed by atoms with van der Waals surface area (Å²) in [5.74, 6) is -0.905. The minimum absolute atomic E-state index is 0.0457. The summed E-state index contributed by atoms with van der Waals surface area (Å²) >= 11 is 0. The van der Waals surface area contributed by atoms with E-state index in [0.717, 1.165) is 10.5 Å². The number of anilines is 1. The summed E-state index contributed by atoms with van der Waals surface area (Å²) in [5, 5.41) is 11.5. The van der Waals surface area contributed by atoms with Crippen molar-refractivity contribution in [3.8, 4) is 5.75 Å². The summed E-state index contributed by atoms with van der Waals surface area (Å²) in [6.07, 6.45) is -3.11. The number of likely N-dealkylation sites (tertiary alicyclic amines) is 1. The van der Waals surface area contributed by atoms with Crippen LogP contribution < -0.4 is 10.1 Å². The van der Waals surface area contributed by atoms with Crippen LogP contribution in [0.25, 0.3) is 0 Å². The van der Waals surface area contributed by atoms with Gasteiger partial charge in [0.05, 0.1) is 18.8 Å². The summed E-state index contributed by atoms with van der Waals surface area (Å²) < 4.78 is 30.7. The van der Waals surface area contributed by atoms with Crippen molar-refractivity contribution in [3.63, 3.8) is 0 Å². The van der Waals surface area contributed by atoms with E-state index in [2.05, 4.69) is 5.32 Å². The molecule has 0 saturated carbocycles. The van der Waals surface area contributed by atoms with Gasteiger partial charge in [-0.05, 0) is 17.7 Å². The molecule has 1 fully saturated rings. The molecule has 1 aliphatic rings. The van der Waals surface area contributed by atoms with Crippen LogP contribution in [0.15, 0.2) is 48.5 Å². The number of ether oxygens (including phenoxy) is 3. The monoisotopic (exact) mass is 404 g/mol. The first-order valence-electron chi connectivity index (χ1n) is 8.91. The molecule has 0 spiro atoms. The van der Waals surface area contributed by atoms with Gasteiger partial charge >= 0.3 is 12.2 Å². The average Bonchev–Trinajstić information content (AvgIpc) is 3.13. The zero-order valence-electron chi connectivity index (χ0n) is 15.7. The van der Waals surface area contributed by atoms with E-state index in [1.807, 2.05) is 18.2 Å². The van der Waals surface area contributed by atoms with Crippen molar-refractivity contribution in [2.45, 2.75) is 18.8 Å². The Morgan fingerprint density at radius 1 is 1.14 bits per heavy atom. The molecule has 3 rings (SSSR count). The molecule has 2 aromatic carbocycles. The van der Waals surface area contributed by atoms with Crippen LogP contribution in [0.5, 0.6) is 5.75 Å². The van der Waals surface area contributed by atoms with Crippen molar-refractivity contribution in [3.05, 3.63) is 59.9 Å². The van der Waals surface area contributed by atoms with E-state index in [1.165, 1.54) is 25.3 Å². The van der Waals surface area contributed by atoms with E-state index in [4.69, 9.17) is 19.3 Å². The number of benzene rings is 2. The highest BCUT2D eigenvalue weighted by molar-refractivity contribution is 5.85. The van der Waals surface area contributed by atoms with E-state index >= 15 is 0 Å². The predicted molar refractivity (Wildman–Crippen MR) is 101 cm³/mol. The van der Waals surface area contributed by atoms with Crippen LogP contribution in [0.1, 0.15) is 5.56 Å². The fourth-order valence-electron chi connectivity index (χ4n) is 2.97. The van der Waals surface area contributed by atoms with Crippen molar-refractivity contribution in [2.75, 3.05) is 25.5 Å². The lowest BCUT2D eigenvalue weighted by atomic mass is 10.2. The van der Waals surface area contributed by atoms with Crippen LogP contribution in [0.3, 0.4) is 0 Å². The Hall–Kier alpha value is -3.33. The first-order valence-corrected chi connectivity index (χ1v) is 8.91. The Morgan fingerprint density at radius 2 is 1.86 bits per heavy atom. The first kappa shape index (κ1) is 20.4. The van der Waals surface area contributed by atoms with Gasteiger partial charge in [0.2, 0.25) is 0 Å². The van der Waals surface area contributed by atoms with E-state index < -0.39 is 30.2 Å². The molecule has 0 bridgehead atoms. The maximum atomic E-state index is 14.8. The topological polar surface area (TPSA) is 97.3 Å². The molecule has 0 aromatic heterocycles. The third-order valence-electron chi connectivity index (χ3n) is 4.48. The van der Waals surface area contributed by atoms with Crippen LogP contribution >= 0.6 is 0 Å². The molecular formula is C20H21FN2O6. The van der Waals surface area contributed by atoms with Gasteiger partial charge in [0.15, 0.2) is 11.6 Å². The van der Waals surface area contributed by atoms with E-state index in [1.54, 1.807) is 12.1 Å². The highest BCUT2D eigenvalue weighted by Crippen LogP contribution is 2.28. The third kappa shape index (κ3) is 5.14. The SMILES string of the molecule is CO[C@H]1CN(C(=O)O)C[C@@H]1Oc1cccc(NC(=O)OCc2ccccc2)c1F. The number of carbonyl (C=O) groups excluding carboxylic acids is 1. The molecule has 8 nitrogen and oxygen atoms in total. The van der Waals surface area contributed by atoms with Crippen LogP contribution in [-0.2, 0) is 16.1 Å².